The molecule has 3 aromatic rings. The lowest BCUT2D eigenvalue weighted by atomic mass is 10.2. The Labute approximate surface area is 121 Å². The van der Waals surface area contributed by atoms with Crippen LogP contribution in [0, 0.1) is 4.77 Å². The Balaban J connectivity index is 2.37. The number of fused-ring (bicyclic) bond motifs is 1. The highest BCUT2D eigenvalue weighted by molar-refractivity contribution is 9.10. The SMILES string of the molecule is O=c1ccn(-c2cccc3cc(Br)cnc23)c(=S)[nH]1. The second-order valence-electron chi connectivity index (χ2n) is 3.98. The van der Waals surface area contributed by atoms with Gasteiger partial charge in [0, 0.05) is 28.3 Å². The summed E-state index contributed by atoms with van der Waals surface area (Å²) in [6.07, 6.45) is 3.39. The minimum Gasteiger partial charge on any atom is -0.299 e. The molecule has 0 fully saturated rings. The van der Waals surface area contributed by atoms with E-state index in [-0.39, 0.29) is 5.56 Å². The van der Waals surface area contributed by atoms with Crippen LogP contribution in [0.25, 0.3) is 16.6 Å². The van der Waals surface area contributed by atoms with Crippen molar-refractivity contribution in [2.45, 2.75) is 0 Å². The van der Waals surface area contributed by atoms with E-state index < -0.39 is 0 Å². The molecule has 0 atom stereocenters. The molecule has 3 rings (SSSR count). The fourth-order valence-corrected chi connectivity index (χ4v) is 2.53. The molecule has 0 radical (unpaired) electrons. The Morgan fingerprint density at radius 1 is 1.32 bits per heavy atom. The molecule has 19 heavy (non-hydrogen) atoms. The maximum Gasteiger partial charge on any atom is 0.251 e. The summed E-state index contributed by atoms with van der Waals surface area (Å²) in [7, 11) is 0. The summed E-state index contributed by atoms with van der Waals surface area (Å²) in [5, 5.41) is 1.000. The minimum atomic E-state index is -0.211. The van der Waals surface area contributed by atoms with Gasteiger partial charge in [0.1, 0.15) is 0 Å². The number of halogens is 1. The number of benzene rings is 1. The first kappa shape index (κ1) is 12.3. The van der Waals surface area contributed by atoms with Crippen LogP contribution in [-0.2, 0) is 0 Å². The van der Waals surface area contributed by atoms with Gasteiger partial charge in [0.05, 0.1) is 11.2 Å². The molecular formula is C13H8BrN3OS. The number of aromatic nitrogens is 3. The molecule has 0 aliphatic rings. The smallest absolute Gasteiger partial charge is 0.251 e. The lowest BCUT2D eigenvalue weighted by molar-refractivity contribution is 0.941. The first-order valence-electron chi connectivity index (χ1n) is 5.52. The van der Waals surface area contributed by atoms with Crippen LogP contribution >= 0.6 is 28.1 Å². The van der Waals surface area contributed by atoms with Crippen LogP contribution in [0.3, 0.4) is 0 Å². The van der Waals surface area contributed by atoms with E-state index in [0.29, 0.717) is 4.77 Å². The fourth-order valence-electron chi connectivity index (χ4n) is 1.92. The zero-order valence-electron chi connectivity index (χ0n) is 9.63. The summed E-state index contributed by atoms with van der Waals surface area (Å²) < 4.78 is 3.01. The van der Waals surface area contributed by atoms with E-state index in [1.807, 2.05) is 24.3 Å². The summed E-state index contributed by atoms with van der Waals surface area (Å²) in [4.78, 5) is 18.2. The number of hydrogen-bond acceptors (Lipinski definition) is 3. The molecule has 2 heterocycles. The lowest BCUT2D eigenvalue weighted by Gasteiger charge is -2.09. The predicted octanol–water partition coefficient (Wildman–Crippen LogP) is 3.21. The molecule has 4 nitrogen and oxygen atoms in total. The number of nitrogens with zero attached hydrogens (tertiary/aromatic N) is 2. The van der Waals surface area contributed by atoms with Crippen molar-refractivity contribution in [1.29, 1.82) is 0 Å². The molecular weight excluding hydrogens is 326 g/mol. The Morgan fingerprint density at radius 3 is 2.95 bits per heavy atom. The van der Waals surface area contributed by atoms with Gasteiger partial charge in [-0.1, -0.05) is 12.1 Å². The van der Waals surface area contributed by atoms with E-state index in [1.54, 1.807) is 17.0 Å². The van der Waals surface area contributed by atoms with Crippen LogP contribution in [0.4, 0.5) is 0 Å². The van der Waals surface area contributed by atoms with E-state index in [1.165, 1.54) is 6.07 Å². The van der Waals surface area contributed by atoms with Crippen molar-refractivity contribution in [2.75, 3.05) is 0 Å². The summed E-state index contributed by atoms with van der Waals surface area (Å²) >= 11 is 8.58. The summed E-state index contributed by atoms with van der Waals surface area (Å²) in [5.41, 5.74) is 1.46. The van der Waals surface area contributed by atoms with Gasteiger partial charge in [0.15, 0.2) is 4.77 Å². The van der Waals surface area contributed by atoms with Crippen LogP contribution in [0.2, 0.25) is 0 Å². The molecule has 0 aliphatic heterocycles. The van der Waals surface area contributed by atoms with Crippen molar-refractivity contribution in [3.05, 3.63) is 62.3 Å². The quantitative estimate of drug-likeness (QED) is 0.695. The largest absolute Gasteiger partial charge is 0.299 e. The molecule has 94 valence electrons. The highest BCUT2D eigenvalue weighted by Gasteiger charge is 2.05. The van der Waals surface area contributed by atoms with Crippen molar-refractivity contribution in [3.63, 3.8) is 0 Å². The van der Waals surface area contributed by atoms with E-state index >= 15 is 0 Å². The standard InChI is InChI=1S/C13H8BrN3OS/c14-9-6-8-2-1-3-10(12(8)15-7-9)17-5-4-11(18)16-13(17)19/h1-7H,(H,16,18,19). The number of aromatic amines is 1. The van der Waals surface area contributed by atoms with Gasteiger partial charge in [-0.05, 0) is 40.3 Å². The number of pyridine rings is 1. The number of rotatable bonds is 1. The van der Waals surface area contributed by atoms with E-state index in [9.17, 15) is 4.79 Å². The predicted molar refractivity (Wildman–Crippen MR) is 80.2 cm³/mol. The van der Waals surface area contributed by atoms with Gasteiger partial charge in [-0.15, -0.1) is 0 Å². The van der Waals surface area contributed by atoms with Crippen LogP contribution in [-0.4, -0.2) is 14.5 Å². The first-order chi connectivity index (χ1) is 9.15. The highest BCUT2D eigenvalue weighted by atomic mass is 79.9. The summed E-state index contributed by atoms with van der Waals surface area (Å²) in [5.74, 6) is 0. The maximum absolute atomic E-state index is 11.2. The molecule has 2 aromatic heterocycles. The Bertz CT molecular complexity index is 885. The van der Waals surface area contributed by atoms with E-state index in [0.717, 1.165) is 21.1 Å². The average Bonchev–Trinajstić information content (AvgIpc) is 2.38. The molecule has 0 bridgehead atoms. The molecule has 0 aliphatic carbocycles. The lowest BCUT2D eigenvalue weighted by Crippen LogP contribution is -2.10. The van der Waals surface area contributed by atoms with E-state index in [2.05, 4.69) is 25.9 Å². The molecule has 1 N–H and O–H groups in total. The average molecular weight is 334 g/mol. The highest BCUT2D eigenvalue weighted by Crippen LogP contribution is 2.22. The number of hydrogen-bond donors (Lipinski definition) is 1. The third kappa shape index (κ3) is 2.24. The van der Waals surface area contributed by atoms with Gasteiger partial charge < -0.3 is 0 Å². The summed E-state index contributed by atoms with van der Waals surface area (Å²) in [6, 6.07) is 9.25. The number of para-hydroxylation sites is 1. The number of H-pyrrole nitrogens is 1. The normalized spacial score (nSPS) is 10.8. The third-order valence-corrected chi connectivity index (χ3v) is 3.47. The molecule has 0 saturated heterocycles. The van der Waals surface area contributed by atoms with Crippen molar-refractivity contribution in [1.82, 2.24) is 14.5 Å². The number of nitrogens with one attached hydrogen (secondary N) is 1. The van der Waals surface area contributed by atoms with Crippen LogP contribution in [0.15, 0.2) is 52.0 Å². The van der Waals surface area contributed by atoms with Gasteiger partial charge >= 0.3 is 0 Å². The fraction of sp³-hybridized carbons (Fsp3) is 0. The van der Waals surface area contributed by atoms with Crippen LogP contribution < -0.4 is 5.56 Å². The van der Waals surface area contributed by atoms with Gasteiger partial charge in [-0.25, -0.2) is 0 Å². The van der Waals surface area contributed by atoms with Crippen LogP contribution in [0.5, 0.6) is 0 Å². The third-order valence-electron chi connectivity index (χ3n) is 2.74. The Morgan fingerprint density at radius 2 is 2.16 bits per heavy atom. The van der Waals surface area contributed by atoms with Crippen LogP contribution in [0.1, 0.15) is 0 Å². The van der Waals surface area contributed by atoms with Gasteiger partial charge in [0.2, 0.25) is 0 Å². The molecule has 0 unspecified atom stereocenters. The van der Waals surface area contributed by atoms with Gasteiger partial charge in [-0.2, -0.15) is 0 Å². The monoisotopic (exact) mass is 333 g/mol. The molecule has 0 spiro atoms. The van der Waals surface area contributed by atoms with Crippen molar-refractivity contribution in [3.8, 4) is 5.69 Å². The molecule has 1 aromatic carbocycles. The molecule has 0 saturated carbocycles. The van der Waals surface area contributed by atoms with Gasteiger partial charge in [-0.3, -0.25) is 19.3 Å². The van der Waals surface area contributed by atoms with Gasteiger partial charge in [0.25, 0.3) is 5.56 Å². The van der Waals surface area contributed by atoms with Crippen molar-refractivity contribution in [2.24, 2.45) is 0 Å². The zero-order chi connectivity index (χ0) is 13.4. The minimum absolute atomic E-state index is 0.211. The zero-order valence-corrected chi connectivity index (χ0v) is 12.0. The topological polar surface area (TPSA) is 50.7 Å². The van der Waals surface area contributed by atoms with E-state index in [4.69, 9.17) is 12.2 Å². The second-order valence-corrected chi connectivity index (χ2v) is 5.28. The maximum atomic E-state index is 11.2. The van der Waals surface area contributed by atoms with Crippen molar-refractivity contribution >= 4 is 39.1 Å². The first-order valence-corrected chi connectivity index (χ1v) is 6.72. The Kier molecular flexibility index (Phi) is 3.04. The Hall–Kier alpha value is -1.79. The molecule has 0 amide bonds. The second kappa shape index (κ2) is 4.71. The van der Waals surface area contributed by atoms with Crippen molar-refractivity contribution < 1.29 is 0 Å². The molecule has 6 heteroatoms. The summed E-state index contributed by atoms with van der Waals surface area (Å²) in [6.45, 7) is 0.